The summed E-state index contributed by atoms with van der Waals surface area (Å²) in [5.41, 5.74) is 1.91. The van der Waals surface area contributed by atoms with Gasteiger partial charge in [-0.2, -0.15) is 0 Å². The lowest BCUT2D eigenvalue weighted by molar-refractivity contribution is -0.130. The molecule has 2 aliphatic rings. The molecule has 2 heterocycles. The Morgan fingerprint density at radius 1 is 1.07 bits per heavy atom. The van der Waals surface area contributed by atoms with Gasteiger partial charge in [0.25, 0.3) is 0 Å². The summed E-state index contributed by atoms with van der Waals surface area (Å²) in [6.45, 7) is 3.10. The molecule has 1 aliphatic carbocycles. The number of nitrogens with zero attached hydrogens (tertiary/aromatic N) is 3. The molecule has 8 heteroatoms. The van der Waals surface area contributed by atoms with E-state index in [0.29, 0.717) is 23.9 Å². The second-order valence-electron chi connectivity index (χ2n) is 7.60. The Labute approximate surface area is 175 Å². The highest BCUT2D eigenvalue weighted by Gasteiger charge is 2.22. The summed E-state index contributed by atoms with van der Waals surface area (Å²) in [5, 5.41) is 8.16. The first-order valence-corrected chi connectivity index (χ1v) is 11.1. The predicted molar refractivity (Wildman–Crippen MR) is 115 cm³/mol. The van der Waals surface area contributed by atoms with Crippen LogP contribution in [0.5, 0.6) is 0 Å². The summed E-state index contributed by atoms with van der Waals surface area (Å²) in [6.07, 6.45) is 4.71. The van der Waals surface area contributed by atoms with Crippen LogP contribution in [0.2, 0.25) is 0 Å². The van der Waals surface area contributed by atoms with Gasteiger partial charge in [-0.3, -0.25) is 10.1 Å². The minimum atomic E-state index is -0.207. The summed E-state index contributed by atoms with van der Waals surface area (Å²) in [4.78, 5) is 33.3. The number of urea groups is 1. The normalized spacial score (nSPS) is 17.4. The monoisotopic (exact) mass is 413 g/mol. The van der Waals surface area contributed by atoms with Crippen molar-refractivity contribution >= 4 is 34.1 Å². The minimum Gasteiger partial charge on any atom is -0.368 e. The number of nitrogens with one attached hydrogen (secondary N) is 2. The molecular weight excluding hydrogens is 386 g/mol. The van der Waals surface area contributed by atoms with Crippen LogP contribution in [0.1, 0.15) is 31.4 Å². The highest BCUT2D eigenvalue weighted by Crippen LogP contribution is 2.20. The van der Waals surface area contributed by atoms with E-state index >= 15 is 0 Å². The summed E-state index contributed by atoms with van der Waals surface area (Å²) in [7, 11) is 0. The summed E-state index contributed by atoms with van der Waals surface area (Å²) in [5.74, 6) is 0.0879. The highest BCUT2D eigenvalue weighted by atomic mass is 32.1. The maximum Gasteiger partial charge on any atom is 0.321 e. The second kappa shape index (κ2) is 9.26. The molecule has 1 aromatic heterocycles. The van der Waals surface area contributed by atoms with E-state index in [2.05, 4.69) is 32.7 Å². The minimum absolute atomic E-state index is 0.0879. The van der Waals surface area contributed by atoms with Crippen molar-refractivity contribution in [2.45, 2.75) is 38.1 Å². The third-order valence-corrected chi connectivity index (χ3v) is 6.36. The number of anilines is 2. The van der Waals surface area contributed by atoms with Crippen LogP contribution < -0.4 is 15.5 Å². The zero-order valence-corrected chi connectivity index (χ0v) is 17.3. The molecular formula is C21H27N5O2S. The first-order valence-electron chi connectivity index (χ1n) is 10.3. The Balaban J connectivity index is 1.23. The lowest BCUT2D eigenvalue weighted by atomic mass is 10.2. The van der Waals surface area contributed by atoms with E-state index < -0.39 is 0 Å². The molecule has 1 aliphatic heterocycles. The molecule has 0 bridgehead atoms. The molecule has 154 valence electrons. The van der Waals surface area contributed by atoms with Crippen molar-refractivity contribution < 1.29 is 9.59 Å². The van der Waals surface area contributed by atoms with E-state index in [1.54, 1.807) is 0 Å². The van der Waals surface area contributed by atoms with E-state index in [1.165, 1.54) is 29.9 Å². The molecule has 2 aromatic rings. The van der Waals surface area contributed by atoms with Gasteiger partial charge in [-0.25, -0.2) is 9.78 Å². The molecule has 1 saturated carbocycles. The topological polar surface area (TPSA) is 77.6 Å². The van der Waals surface area contributed by atoms with Crippen LogP contribution in [-0.2, 0) is 11.2 Å². The van der Waals surface area contributed by atoms with Crippen molar-refractivity contribution in [3.05, 3.63) is 41.4 Å². The zero-order valence-electron chi connectivity index (χ0n) is 16.5. The number of hydrogen-bond acceptors (Lipinski definition) is 5. The Morgan fingerprint density at radius 3 is 2.52 bits per heavy atom. The smallest absolute Gasteiger partial charge is 0.321 e. The average molecular weight is 414 g/mol. The van der Waals surface area contributed by atoms with E-state index in [0.717, 1.165) is 25.9 Å². The van der Waals surface area contributed by atoms with Crippen molar-refractivity contribution in [1.82, 2.24) is 15.2 Å². The van der Waals surface area contributed by atoms with Gasteiger partial charge in [-0.05, 0) is 25.0 Å². The van der Waals surface area contributed by atoms with Crippen LogP contribution in [0.3, 0.4) is 0 Å². The average Bonchev–Trinajstić information content (AvgIpc) is 3.41. The third kappa shape index (κ3) is 5.26. The Bertz CT molecular complexity index is 827. The highest BCUT2D eigenvalue weighted by molar-refractivity contribution is 7.13. The molecule has 0 atom stereocenters. The summed E-state index contributed by atoms with van der Waals surface area (Å²) >= 11 is 1.36. The van der Waals surface area contributed by atoms with E-state index in [1.807, 2.05) is 28.5 Å². The van der Waals surface area contributed by atoms with E-state index in [-0.39, 0.29) is 24.4 Å². The Hall–Kier alpha value is -2.61. The molecule has 29 heavy (non-hydrogen) atoms. The van der Waals surface area contributed by atoms with Crippen molar-refractivity contribution in [3.8, 4) is 0 Å². The molecule has 0 spiro atoms. The van der Waals surface area contributed by atoms with E-state index in [9.17, 15) is 9.59 Å². The maximum atomic E-state index is 12.6. The summed E-state index contributed by atoms with van der Waals surface area (Å²) < 4.78 is 0. The number of thiazole rings is 1. The molecule has 7 nitrogen and oxygen atoms in total. The van der Waals surface area contributed by atoms with Crippen LogP contribution in [0, 0.1) is 0 Å². The third-order valence-electron chi connectivity index (χ3n) is 5.55. The van der Waals surface area contributed by atoms with Gasteiger partial charge in [-0.1, -0.05) is 31.0 Å². The number of hydrogen-bond donors (Lipinski definition) is 2. The first kappa shape index (κ1) is 19.7. The summed E-state index contributed by atoms with van der Waals surface area (Å²) in [6, 6.07) is 10.3. The molecule has 2 N–H and O–H groups in total. The van der Waals surface area contributed by atoms with Crippen molar-refractivity contribution in [2.75, 3.05) is 36.4 Å². The molecule has 3 amide bonds. The lowest BCUT2D eigenvalue weighted by Crippen LogP contribution is -2.49. The van der Waals surface area contributed by atoms with Gasteiger partial charge in [0.05, 0.1) is 12.1 Å². The van der Waals surface area contributed by atoms with Gasteiger partial charge in [0.15, 0.2) is 5.13 Å². The number of benzene rings is 1. The molecule has 1 saturated heterocycles. The number of carbonyl (C=O) groups is 2. The molecule has 4 rings (SSSR count). The van der Waals surface area contributed by atoms with Crippen LogP contribution in [0.4, 0.5) is 15.6 Å². The van der Waals surface area contributed by atoms with Crippen LogP contribution in [0.15, 0.2) is 35.7 Å². The van der Waals surface area contributed by atoms with Crippen LogP contribution >= 0.6 is 11.3 Å². The van der Waals surface area contributed by atoms with Gasteiger partial charge in [-0.15, -0.1) is 11.3 Å². The van der Waals surface area contributed by atoms with Crippen molar-refractivity contribution in [3.63, 3.8) is 0 Å². The van der Waals surface area contributed by atoms with Crippen LogP contribution in [0.25, 0.3) is 0 Å². The maximum absolute atomic E-state index is 12.6. The zero-order chi connectivity index (χ0) is 20.1. The first-order chi connectivity index (χ1) is 14.2. The molecule has 2 fully saturated rings. The van der Waals surface area contributed by atoms with Crippen molar-refractivity contribution in [2.24, 2.45) is 0 Å². The second-order valence-corrected chi connectivity index (χ2v) is 8.46. The SMILES string of the molecule is O=C(Nc1nc(CC(=O)N2CCN(c3ccccc3)CC2)cs1)NC1CCCC1. The number of piperazine rings is 1. The molecule has 0 unspecified atom stereocenters. The number of carbonyl (C=O) groups excluding carboxylic acids is 2. The Kier molecular flexibility index (Phi) is 6.29. The van der Waals surface area contributed by atoms with Gasteiger partial charge >= 0.3 is 6.03 Å². The molecule has 0 radical (unpaired) electrons. The van der Waals surface area contributed by atoms with E-state index in [4.69, 9.17) is 0 Å². The molecule has 1 aromatic carbocycles. The van der Waals surface area contributed by atoms with Gasteiger partial charge in [0, 0.05) is 43.3 Å². The van der Waals surface area contributed by atoms with Gasteiger partial charge in [0.2, 0.25) is 5.91 Å². The van der Waals surface area contributed by atoms with Crippen LogP contribution in [-0.4, -0.2) is 54.0 Å². The fourth-order valence-corrected chi connectivity index (χ4v) is 4.66. The Morgan fingerprint density at radius 2 is 1.79 bits per heavy atom. The fraction of sp³-hybridized carbons (Fsp3) is 0.476. The quantitative estimate of drug-likeness (QED) is 0.790. The van der Waals surface area contributed by atoms with Gasteiger partial charge < -0.3 is 15.1 Å². The lowest BCUT2D eigenvalue weighted by Gasteiger charge is -2.36. The number of amides is 3. The number of rotatable bonds is 5. The largest absolute Gasteiger partial charge is 0.368 e. The standard InChI is InChI=1S/C21H27N5O2S/c27-19(26-12-10-25(11-13-26)18-8-2-1-3-9-18)14-17-15-29-21(23-17)24-20(28)22-16-6-4-5-7-16/h1-3,8-9,15-16H,4-7,10-14H2,(H2,22,23,24,28). The number of aromatic nitrogens is 1. The number of para-hydroxylation sites is 1. The van der Waals surface area contributed by atoms with Gasteiger partial charge in [0.1, 0.15) is 0 Å². The fourth-order valence-electron chi connectivity index (χ4n) is 3.95. The predicted octanol–water partition coefficient (Wildman–Crippen LogP) is 3.10. The van der Waals surface area contributed by atoms with Crippen molar-refractivity contribution in [1.29, 1.82) is 0 Å².